The molecule has 3 aliphatic rings. The van der Waals surface area contributed by atoms with E-state index in [1.54, 1.807) is 11.0 Å². The van der Waals surface area contributed by atoms with Crippen LogP contribution < -0.4 is 4.90 Å². The molecule has 2 amide bonds. The van der Waals surface area contributed by atoms with Gasteiger partial charge >= 0.3 is 5.97 Å². The first-order valence-electron chi connectivity index (χ1n) is 12.2. The molecule has 2 unspecified atom stereocenters. The predicted molar refractivity (Wildman–Crippen MR) is 134 cm³/mol. The second-order valence-electron chi connectivity index (χ2n) is 9.50. The largest absolute Gasteiger partial charge is 0.461 e. The zero-order valence-electron chi connectivity index (χ0n) is 20.0. The number of β-amino-alcohol motifs (C(OH)–C–C–N with tert-alkyl or cyclic N) is 1. The van der Waals surface area contributed by atoms with E-state index in [2.05, 4.69) is 13.2 Å². The molecule has 188 valence electrons. The molecule has 1 N–H and O–H groups in total. The molecule has 3 fully saturated rings. The molecular formula is C28H30N2O6. The second kappa shape index (κ2) is 9.52. The Labute approximate surface area is 209 Å². The molecule has 0 aliphatic carbocycles. The van der Waals surface area contributed by atoms with E-state index in [4.69, 9.17) is 9.47 Å². The van der Waals surface area contributed by atoms with Crippen molar-refractivity contribution in [1.82, 2.24) is 4.90 Å². The van der Waals surface area contributed by atoms with Crippen LogP contribution in [0.15, 0.2) is 67.8 Å². The SMILES string of the molecule is C=CCOC(=O)[C@@H]1[C@H]2C(=O)N(CCO)C(C(=O)N(CC=C)c3ccc4ccccc4c3)C23CC[C@H]1O3. The molecule has 36 heavy (non-hydrogen) atoms. The van der Waals surface area contributed by atoms with Gasteiger partial charge in [0.05, 0.1) is 24.5 Å². The summed E-state index contributed by atoms with van der Waals surface area (Å²) in [5.41, 5.74) is -0.480. The topological polar surface area (TPSA) is 96.4 Å². The number of aliphatic hydroxyl groups excluding tert-OH is 1. The number of fused-ring (bicyclic) bond motifs is 2. The van der Waals surface area contributed by atoms with Crippen LogP contribution in [0.5, 0.6) is 0 Å². The molecule has 2 bridgehead atoms. The van der Waals surface area contributed by atoms with Crippen LogP contribution in [0.25, 0.3) is 10.8 Å². The summed E-state index contributed by atoms with van der Waals surface area (Å²) < 4.78 is 11.7. The lowest BCUT2D eigenvalue weighted by atomic mass is 9.70. The Bertz CT molecular complexity index is 1230. The molecule has 3 aliphatic heterocycles. The van der Waals surface area contributed by atoms with E-state index in [-0.39, 0.29) is 38.1 Å². The molecule has 3 heterocycles. The number of amides is 2. The van der Waals surface area contributed by atoms with Gasteiger partial charge in [-0.05, 0) is 35.7 Å². The normalized spacial score (nSPS) is 28.2. The maximum absolute atomic E-state index is 14.3. The first kappa shape index (κ1) is 24.2. The third-order valence-electron chi connectivity index (χ3n) is 7.61. The Morgan fingerprint density at radius 1 is 1.19 bits per heavy atom. The first-order valence-corrected chi connectivity index (χ1v) is 12.2. The Hall–Kier alpha value is -3.49. The van der Waals surface area contributed by atoms with Crippen LogP contribution in [0, 0.1) is 11.8 Å². The van der Waals surface area contributed by atoms with Crippen LogP contribution in [-0.4, -0.2) is 71.8 Å². The summed E-state index contributed by atoms with van der Waals surface area (Å²) in [5.74, 6) is -2.83. The number of hydrogen-bond donors (Lipinski definition) is 1. The average Bonchev–Trinajstić information content (AvgIpc) is 3.53. The van der Waals surface area contributed by atoms with E-state index >= 15 is 0 Å². The van der Waals surface area contributed by atoms with E-state index in [9.17, 15) is 19.5 Å². The first-order chi connectivity index (χ1) is 17.5. The van der Waals surface area contributed by atoms with E-state index in [0.717, 1.165) is 10.8 Å². The van der Waals surface area contributed by atoms with Crippen LogP contribution in [0.4, 0.5) is 5.69 Å². The molecule has 1 spiro atoms. The van der Waals surface area contributed by atoms with Gasteiger partial charge in [0.15, 0.2) is 0 Å². The molecular weight excluding hydrogens is 460 g/mol. The lowest BCUT2D eigenvalue weighted by molar-refractivity contribution is -0.154. The molecule has 0 saturated carbocycles. The number of ether oxygens (including phenoxy) is 2. The summed E-state index contributed by atoms with van der Waals surface area (Å²) in [5, 5.41) is 11.8. The molecule has 8 heteroatoms. The van der Waals surface area contributed by atoms with Crippen LogP contribution in [0.3, 0.4) is 0 Å². The van der Waals surface area contributed by atoms with Crippen LogP contribution in [0.1, 0.15) is 12.8 Å². The van der Waals surface area contributed by atoms with Crippen molar-refractivity contribution in [3.05, 3.63) is 67.8 Å². The summed E-state index contributed by atoms with van der Waals surface area (Å²) in [6, 6.07) is 12.6. The highest BCUT2D eigenvalue weighted by Crippen LogP contribution is 2.58. The fraction of sp³-hybridized carbons (Fsp3) is 0.393. The van der Waals surface area contributed by atoms with E-state index in [0.29, 0.717) is 18.5 Å². The van der Waals surface area contributed by atoms with E-state index in [1.165, 1.54) is 11.0 Å². The maximum Gasteiger partial charge on any atom is 0.312 e. The van der Waals surface area contributed by atoms with Gasteiger partial charge in [0.2, 0.25) is 5.91 Å². The highest BCUT2D eigenvalue weighted by molar-refractivity contribution is 6.05. The van der Waals surface area contributed by atoms with Crippen molar-refractivity contribution in [2.24, 2.45) is 11.8 Å². The number of rotatable bonds is 9. The lowest BCUT2D eigenvalue weighted by Gasteiger charge is -2.36. The molecule has 0 aromatic heterocycles. The minimum atomic E-state index is -1.15. The second-order valence-corrected chi connectivity index (χ2v) is 9.50. The Morgan fingerprint density at radius 3 is 2.69 bits per heavy atom. The Morgan fingerprint density at radius 2 is 1.97 bits per heavy atom. The van der Waals surface area contributed by atoms with Crippen LogP contribution in [0.2, 0.25) is 0 Å². The number of esters is 1. The molecule has 2 aromatic rings. The zero-order chi connectivity index (χ0) is 25.4. The number of carbonyl (C=O) groups is 3. The maximum atomic E-state index is 14.3. The standard InChI is InChI=1S/C28H30N2O6/c1-3-13-29(20-10-9-18-7-5-6-8-19(18)17-20)26(33)24-28-12-11-21(36-28)22(27(34)35-16-4-2)23(28)25(32)30(24)14-15-31/h3-10,17,21-24,31H,1-2,11-16H2/t21-,22+,23+,24?,28?/m1/s1. The van der Waals surface area contributed by atoms with Crippen molar-refractivity contribution in [1.29, 1.82) is 0 Å². The third kappa shape index (κ3) is 3.63. The quantitative estimate of drug-likeness (QED) is 0.429. The van der Waals surface area contributed by atoms with Gasteiger partial charge in [-0.15, -0.1) is 6.58 Å². The van der Waals surface area contributed by atoms with E-state index in [1.807, 2.05) is 42.5 Å². The minimum Gasteiger partial charge on any atom is -0.461 e. The van der Waals surface area contributed by atoms with Gasteiger partial charge in [-0.1, -0.05) is 49.1 Å². The van der Waals surface area contributed by atoms with Crippen LogP contribution >= 0.6 is 0 Å². The molecule has 8 nitrogen and oxygen atoms in total. The van der Waals surface area contributed by atoms with Gasteiger partial charge in [-0.3, -0.25) is 14.4 Å². The van der Waals surface area contributed by atoms with Gasteiger partial charge in [-0.2, -0.15) is 0 Å². The number of carbonyl (C=O) groups excluding carboxylic acids is 3. The van der Waals surface area contributed by atoms with E-state index < -0.39 is 35.6 Å². The predicted octanol–water partition coefficient (Wildman–Crippen LogP) is 2.45. The molecule has 5 atom stereocenters. The summed E-state index contributed by atoms with van der Waals surface area (Å²) in [4.78, 5) is 43.9. The average molecular weight is 491 g/mol. The fourth-order valence-corrected chi connectivity index (χ4v) is 6.23. The van der Waals surface area contributed by atoms with Crippen molar-refractivity contribution < 1.29 is 29.0 Å². The van der Waals surface area contributed by atoms with Crippen molar-refractivity contribution in [2.45, 2.75) is 30.6 Å². The number of likely N-dealkylation sites (tertiary alicyclic amines) is 1. The zero-order valence-corrected chi connectivity index (χ0v) is 20.0. The van der Waals surface area contributed by atoms with Crippen molar-refractivity contribution >= 4 is 34.2 Å². The minimum absolute atomic E-state index is 0.0322. The summed E-state index contributed by atoms with van der Waals surface area (Å²) in [7, 11) is 0. The van der Waals surface area contributed by atoms with Gasteiger partial charge in [-0.25, -0.2) is 0 Å². The smallest absolute Gasteiger partial charge is 0.312 e. The van der Waals surface area contributed by atoms with Gasteiger partial charge < -0.3 is 24.4 Å². The number of hydrogen-bond acceptors (Lipinski definition) is 6. The number of nitrogens with zero attached hydrogens (tertiary/aromatic N) is 2. The summed E-state index contributed by atoms with van der Waals surface area (Å²) in [6.07, 6.45) is 3.64. The Kier molecular flexibility index (Phi) is 6.40. The van der Waals surface area contributed by atoms with Crippen molar-refractivity contribution in [3.8, 4) is 0 Å². The third-order valence-corrected chi connectivity index (χ3v) is 7.61. The van der Waals surface area contributed by atoms with Crippen molar-refractivity contribution in [2.75, 3.05) is 31.2 Å². The molecule has 5 rings (SSSR count). The van der Waals surface area contributed by atoms with Gasteiger partial charge in [0.25, 0.3) is 5.91 Å². The van der Waals surface area contributed by atoms with Gasteiger partial charge in [0.1, 0.15) is 18.2 Å². The summed E-state index contributed by atoms with van der Waals surface area (Å²) >= 11 is 0. The lowest BCUT2D eigenvalue weighted by Crippen LogP contribution is -2.56. The highest BCUT2D eigenvalue weighted by atomic mass is 16.6. The molecule has 2 aromatic carbocycles. The number of aliphatic hydroxyl groups is 1. The monoisotopic (exact) mass is 490 g/mol. The number of benzene rings is 2. The fourth-order valence-electron chi connectivity index (χ4n) is 6.23. The number of anilines is 1. The summed E-state index contributed by atoms with van der Waals surface area (Å²) in [6.45, 7) is 7.32. The Balaban J connectivity index is 1.54. The molecule has 3 saturated heterocycles. The molecule has 0 radical (unpaired) electrons. The van der Waals surface area contributed by atoms with Crippen LogP contribution in [-0.2, 0) is 23.9 Å². The highest BCUT2D eigenvalue weighted by Gasteiger charge is 2.75. The van der Waals surface area contributed by atoms with Gasteiger partial charge in [0, 0.05) is 18.8 Å². The van der Waals surface area contributed by atoms with Crippen molar-refractivity contribution in [3.63, 3.8) is 0 Å².